The number of hydrogen-bond acceptors (Lipinski definition) is 40. The molecule has 9 heterocycles. The molecule has 29 atom stereocenters. The summed E-state index contributed by atoms with van der Waals surface area (Å²) >= 11 is 0. The molecule has 0 spiro atoms. The molecule has 40 heteroatoms. The van der Waals surface area contributed by atoms with Crippen LogP contribution in [0.15, 0.2) is 0 Å². The summed E-state index contributed by atoms with van der Waals surface area (Å²) in [6.45, 7) is 31.4. The summed E-state index contributed by atoms with van der Waals surface area (Å²) in [7, 11) is 2.48. The summed E-state index contributed by atoms with van der Waals surface area (Å²) < 4.78 is 111. The predicted molar refractivity (Wildman–Crippen MR) is 450 cm³/mol. The molecule has 0 N–H and O–H groups in total. The Balaban J connectivity index is 0.000000153. The first-order valence-corrected chi connectivity index (χ1v) is 47.0. The van der Waals surface area contributed by atoms with E-state index >= 15 is 0 Å². The van der Waals surface area contributed by atoms with Gasteiger partial charge in [0.05, 0.1) is 88.8 Å². The molecule has 16 aliphatic rings. The fourth-order valence-corrected chi connectivity index (χ4v) is 21.2. The van der Waals surface area contributed by atoms with Gasteiger partial charge in [-0.2, -0.15) is 0 Å². The van der Waals surface area contributed by atoms with Crippen LogP contribution in [0.2, 0.25) is 0 Å². The Morgan fingerprint density at radius 2 is 0.622 bits per heavy atom. The largest absolute Gasteiger partial charge is 0.469 e. The van der Waals surface area contributed by atoms with Crippen LogP contribution in [0.4, 0.5) is 0 Å². The molecule has 16 rings (SSSR count). The molecule has 9 saturated heterocycles. The van der Waals surface area contributed by atoms with E-state index in [0.29, 0.717) is 57.8 Å². The van der Waals surface area contributed by atoms with Crippen molar-refractivity contribution in [2.75, 3.05) is 47.3 Å². The first-order valence-electron chi connectivity index (χ1n) is 47.0. The molecule has 135 heavy (non-hydrogen) atoms. The van der Waals surface area contributed by atoms with Gasteiger partial charge in [0, 0.05) is 35.5 Å². The average Bonchev–Trinajstić information content (AvgIpc) is 1.56. The highest BCUT2D eigenvalue weighted by Gasteiger charge is 2.76. The zero-order valence-corrected chi connectivity index (χ0v) is 80.5. The molecule has 0 aromatic rings. The molecule has 0 radical (unpaired) electrons. The second-order valence-corrected chi connectivity index (χ2v) is 42.0. The van der Waals surface area contributed by atoms with Crippen LogP contribution in [0.3, 0.4) is 0 Å². The topological polar surface area (TPSA) is 518 Å². The number of hydrogen-bond donors (Lipinski definition) is 0. The van der Waals surface area contributed by atoms with E-state index in [2.05, 4.69) is 0 Å². The van der Waals surface area contributed by atoms with Crippen LogP contribution < -0.4 is 0 Å². The number of rotatable bonds is 31. The zero-order chi connectivity index (χ0) is 99.5. The van der Waals surface area contributed by atoms with Crippen molar-refractivity contribution in [3.05, 3.63) is 0 Å². The highest BCUT2D eigenvalue weighted by Crippen LogP contribution is 2.63. The lowest BCUT2D eigenvalue weighted by Gasteiger charge is -2.34. The van der Waals surface area contributed by atoms with E-state index in [1.54, 1.807) is 90.0 Å². The standard InChI is InChI=1S/C24H34O8.C21H30O8.C18H24O8.C17H22O9.C15H20O7/c1-5-23(3,4)22(28)29-12-15(25)30-18-14-11-13-16(20(26)31-19(13)18)17(14)21(27)32-24(6-2)9-7-8-10-24;1-7-21(5,6)19(25)26-9-12(22)27-15-11-8-10-13(17(23)28-16(10)15)14(11)18(24)29-20(2,3)4;1-5-18(2,3)17(22)24-7-10(19)25-13-8-6-9-12(11(8)15(20)23-4)16(21)26-14(9)13;1-5-17(2,3)16(21)23-6-7(18)24-12-10-8(14(19)22-4)9-11(25-10)13(12)26-15(9)20;1-4-15(2,3)14(18)19-6-9(16)21-11-8-5-7-10(20-8)12(11)22-13(7)17/h13-14,16-19H,5-12H2,1-4H3;10-11,13-16H,7-9H2,1-6H3;8-9,11-14H,5-7H2,1-4H3;8-13H,5-6H2,1-4H3;7-8,10-12H,4-6H2,1-3H3. The van der Waals surface area contributed by atoms with E-state index in [1.165, 1.54) is 14.2 Å². The van der Waals surface area contributed by atoms with Crippen molar-refractivity contribution in [3.63, 3.8) is 0 Å². The van der Waals surface area contributed by atoms with Crippen molar-refractivity contribution in [3.8, 4) is 0 Å². The van der Waals surface area contributed by atoms with Gasteiger partial charge in [-0.1, -0.05) is 41.5 Å². The normalized spacial score (nSPS) is 34.2. The molecule has 7 saturated carbocycles. The second kappa shape index (κ2) is 40.1. The van der Waals surface area contributed by atoms with E-state index in [4.69, 9.17) is 99.5 Å². The number of carbonyl (C=O) groups is 19. The third kappa shape index (κ3) is 20.7. The van der Waals surface area contributed by atoms with E-state index in [0.717, 1.165) is 32.1 Å². The monoisotopic (exact) mass is 1910 g/mol. The number of carbonyl (C=O) groups excluding carboxylic acids is 19. The summed E-state index contributed by atoms with van der Waals surface area (Å²) in [4.78, 5) is 231. The van der Waals surface area contributed by atoms with Crippen LogP contribution in [-0.4, -0.2) is 257 Å². The molecule has 40 nitrogen and oxygen atoms in total. The Labute approximate surface area is 781 Å². The van der Waals surface area contributed by atoms with Gasteiger partial charge in [-0.15, -0.1) is 0 Å². The van der Waals surface area contributed by atoms with E-state index in [1.807, 2.05) is 41.5 Å². The summed E-state index contributed by atoms with van der Waals surface area (Å²) in [5.41, 5.74) is -4.55. The fourth-order valence-electron chi connectivity index (χ4n) is 21.2. The van der Waals surface area contributed by atoms with Crippen molar-refractivity contribution < 1.29 is 191 Å². The average molecular weight is 1910 g/mol. The number of ether oxygens (including phenoxy) is 21. The minimum atomic E-state index is -0.933. The first kappa shape index (κ1) is 104. The van der Waals surface area contributed by atoms with Gasteiger partial charge in [0.2, 0.25) is 0 Å². The van der Waals surface area contributed by atoms with Gasteiger partial charge in [0.25, 0.3) is 0 Å². The van der Waals surface area contributed by atoms with Gasteiger partial charge >= 0.3 is 113 Å². The maximum Gasteiger partial charge on any atom is 0.344 e. The van der Waals surface area contributed by atoms with Crippen LogP contribution in [0, 0.1) is 116 Å². The molecule has 16 fully saturated rings. The number of fused-ring (bicyclic) bond motifs is 5. The molecule has 7 aliphatic carbocycles. The van der Waals surface area contributed by atoms with Gasteiger partial charge in [0.15, 0.2) is 57.5 Å². The van der Waals surface area contributed by atoms with Crippen LogP contribution >= 0.6 is 0 Å². The smallest absolute Gasteiger partial charge is 0.344 e. The zero-order valence-electron chi connectivity index (χ0n) is 80.5. The number of methoxy groups -OCH3 is 2. The van der Waals surface area contributed by atoms with E-state index < -0.39 is 293 Å². The lowest BCUT2D eigenvalue weighted by atomic mass is 9.78. The highest BCUT2D eigenvalue weighted by atomic mass is 16.7. The fraction of sp³-hybridized carbons (Fsp3) is 0.800. The van der Waals surface area contributed by atoms with Crippen molar-refractivity contribution in [2.45, 2.75) is 318 Å². The molecule has 0 aromatic heterocycles. The molecule has 0 amide bonds. The summed E-state index contributed by atoms with van der Waals surface area (Å²) in [5, 5.41) is 0. The van der Waals surface area contributed by atoms with Gasteiger partial charge in [0.1, 0.15) is 78.0 Å². The van der Waals surface area contributed by atoms with Gasteiger partial charge in [-0.3, -0.25) is 67.1 Å². The Morgan fingerprint density at radius 1 is 0.319 bits per heavy atom. The first-order chi connectivity index (χ1) is 63.2. The van der Waals surface area contributed by atoms with E-state index in [-0.39, 0.29) is 65.6 Å². The van der Waals surface area contributed by atoms with Crippen molar-refractivity contribution in [1.29, 1.82) is 0 Å². The quantitative estimate of drug-likeness (QED) is 0.0534. The molecular formula is C95H130O40. The molecule has 750 valence electrons. The molecule has 29 unspecified atom stereocenters. The van der Waals surface area contributed by atoms with Crippen LogP contribution in [0.25, 0.3) is 0 Å². The minimum absolute atomic E-state index is 0.143. The Morgan fingerprint density at radius 3 is 0.963 bits per heavy atom. The Hall–Kier alpha value is -10.1. The van der Waals surface area contributed by atoms with Gasteiger partial charge < -0.3 is 99.5 Å². The third-order valence-corrected chi connectivity index (χ3v) is 30.8. The minimum Gasteiger partial charge on any atom is -0.469 e. The second-order valence-electron chi connectivity index (χ2n) is 42.0. The Bertz CT molecular complexity index is 4500. The van der Waals surface area contributed by atoms with Crippen molar-refractivity contribution in [1.82, 2.24) is 0 Å². The molecule has 10 bridgehead atoms. The maximum atomic E-state index is 13.2. The summed E-state index contributed by atoms with van der Waals surface area (Å²) in [6, 6.07) is 0. The third-order valence-electron chi connectivity index (χ3n) is 30.8. The molecular weight excluding hydrogens is 1780 g/mol. The predicted octanol–water partition coefficient (Wildman–Crippen LogP) is 6.42. The summed E-state index contributed by atoms with van der Waals surface area (Å²) in [6.07, 6.45) is 0.923. The van der Waals surface area contributed by atoms with Gasteiger partial charge in [-0.05, 0) is 180 Å². The summed E-state index contributed by atoms with van der Waals surface area (Å²) in [5.74, 6) is -16.9. The van der Waals surface area contributed by atoms with E-state index in [9.17, 15) is 91.1 Å². The van der Waals surface area contributed by atoms with Gasteiger partial charge in [-0.25, -0.2) is 24.0 Å². The lowest BCUT2D eigenvalue weighted by molar-refractivity contribution is -0.178. The van der Waals surface area contributed by atoms with Crippen LogP contribution in [0.1, 0.15) is 221 Å². The molecule has 9 aliphatic heterocycles. The lowest BCUT2D eigenvalue weighted by Crippen LogP contribution is -2.48. The molecule has 0 aromatic carbocycles. The highest BCUT2D eigenvalue weighted by molar-refractivity contribution is 5.91. The maximum absolute atomic E-state index is 13.2. The van der Waals surface area contributed by atoms with Crippen molar-refractivity contribution >= 4 is 113 Å². The SMILES string of the molecule is CCC(C)(C)C(=O)OCC(=O)OC1C2CC3C(=O)OC1C3O2.CCC(C)(C)C(=O)OCC(=O)OC1C2CC3C1OC(=O)C3C2C(=O)OC.CCC(C)(C)C(=O)OCC(=O)OC1C2CC3C1OC(=O)C3C2C(=O)OC(C)(C)C.CCC(C)(C)C(=O)OCC(=O)OC1C2OC(=O)C3C2OC1C3C(=O)OC.CCC1(OC(=O)C2C3CC4C(OC(=O)C42)C3OC(=O)COC(=O)C(C)(C)CC)CCCC1. The number of esters is 19. The van der Waals surface area contributed by atoms with Crippen LogP contribution in [-0.2, 0) is 191 Å². The Kier molecular flexibility index (Phi) is 30.8. The van der Waals surface area contributed by atoms with Crippen LogP contribution in [0.5, 0.6) is 0 Å². The van der Waals surface area contributed by atoms with Crippen molar-refractivity contribution in [2.24, 2.45) is 116 Å².